The standard InChI is InChI=1S/C18H15Cl5N2O5S/c19-13-14(20)16(22)18(17(23)15(13)21)30-9-12(26)24-10-1-3-11(4-2-10)31(27,28)25-5-7-29-8-6-25/h1-4H,5-9H2,(H,24,26). The molecule has 3 rings (SSSR count). The highest BCUT2D eigenvalue weighted by molar-refractivity contribution is 7.89. The first kappa shape index (κ1) is 24.7. The monoisotopic (exact) mass is 546 g/mol. The molecule has 1 aliphatic heterocycles. The molecule has 1 amide bonds. The van der Waals surface area contributed by atoms with Gasteiger partial charge in [0.2, 0.25) is 10.0 Å². The maximum atomic E-state index is 12.6. The van der Waals surface area contributed by atoms with E-state index >= 15 is 0 Å². The van der Waals surface area contributed by atoms with Crippen LogP contribution in [0, 0.1) is 0 Å². The van der Waals surface area contributed by atoms with Crippen LogP contribution in [0.1, 0.15) is 0 Å². The molecule has 2 aromatic carbocycles. The molecule has 1 heterocycles. The second-order valence-corrected chi connectivity index (χ2v) is 10.1. The number of nitrogens with zero attached hydrogens (tertiary/aromatic N) is 1. The quantitative estimate of drug-likeness (QED) is 0.406. The van der Waals surface area contributed by atoms with Crippen molar-refractivity contribution in [1.82, 2.24) is 4.31 Å². The number of amides is 1. The van der Waals surface area contributed by atoms with Gasteiger partial charge in [0, 0.05) is 18.8 Å². The number of hydrogen-bond acceptors (Lipinski definition) is 5. The van der Waals surface area contributed by atoms with Crippen molar-refractivity contribution in [2.24, 2.45) is 0 Å². The molecule has 0 aromatic heterocycles. The van der Waals surface area contributed by atoms with E-state index in [2.05, 4.69) is 5.32 Å². The summed E-state index contributed by atoms with van der Waals surface area (Å²) in [5, 5.41) is 2.30. The van der Waals surface area contributed by atoms with Crippen LogP contribution in [0.3, 0.4) is 0 Å². The lowest BCUT2D eigenvalue weighted by Crippen LogP contribution is -2.40. The number of rotatable bonds is 6. The number of carbonyl (C=O) groups excluding carboxylic acids is 1. The predicted molar refractivity (Wildman–Crippen MR) is 122 cm³/mol. The summed E-state index contributed by atoms with van der Waals surface area (Å²) in [5.74, 6) is -0.622. The highest BCUT2D eigenvalue weighted by atomic mass is 35.5. The fraction of sp³-hybridized carbons (Fsp3) is 0.278. The van der Waals surface area contributed by atoms with Crippen molar-refractivity contribution < 1.29 is 22.7 Å². The molecule has 1 aliphatic rings. The molecule has 0 atom stereocenters. The SMILES string of the molecule is O=C(COc1c(Cl)c(Cl)c(Cl)c(Cl)c1Cl)Nc1ccc(S(=O)(=O)N2CCOCC2)cc1. The molecule has 1 fully saturated rings. The van der Waals surface area contributed by atoms with Crippen LogP contribution in [0.15, 0.2) is 29.2 Å². The Hall–Kier alpha value is -0.970. The zero-order valence-corrected chi connectivity index (χ0v) is 20.2. The van der Waals surface area contributed by atoms with Gasteiger partial charge in [0.15, 0.2) is 12.4 Å². The summed E-state index contributed by atoms with van der Waals surface area (Å²) in [5.41, 5.74) is 0.374. The van der Waals surface area contributed by atoms with Gasteiger partial charge in [-0.15, -0.1) is 0 Å². The van der Waals surface area contributed by atoms with E-state index < -0.39 is 22.5 Å². The summed E-state index contributed by atoms with van der Waals surface area (Å²) in [6.07, 6.45) is 0. The summed E-state index contributed by atoms with van der Waals surface area (Å²) in [6, 6.07) is 5.77. The number of halogens is 5. The molecule has 1 saturated heterocycles. The Morgan fingerprint density at radius 2 is 1.45 bits per heavy atom. The fourth-order valence-corrected chi connectivity index (χ4v) is 5.33. The Morgan fingerprint density at radius 3 is 2.00 bits per heavy atom. The zero-order valence-electron chi connectivity index (χ0n) is 15.6. The van der Waals surface area contributed by atoms with E-state index in [1.165, 1.54) is 28.6 Å². The lowest BCUT2D eigenvalue weighted by Gasteiger charge is -2.26. The molecular weight excluding hydrogens is 534 g/mol. The Bertz CT molecular complexity index is 1060. The molecular formula is C18H15Cl5N2O5S. The van der Waals surface area contributed by atoms with Crippen molar-refractivity contribution in [3.63, 3.8) is 0 Å². The van der Waals surface area contributed by atoms with E-state index in [-0.39, 0.29) is 35.8 Å². The van der Waals surface area contributed by atoms with Crippen LogP contribution in [-0.2, 0) is 19.6 Å². The van der Waals surface area contributed by atoms with Gasteiger partial charge in [-0.05, 0) is 24.3 Å². The first-order chi connectivity index (χ1) is 14.6. The van der Waals surface area contributed by atoms with E-state index in [9.17, 15) is 13.2 Å². The second-order valence-electron chi connectivity index (χ2n) is 6.28. The Morgan fingerprint density at radius 1 is 0.935 bits per heavy atom. The molecule has 0 radical (unpaired) electrons. The average Bonchev–Trinajstić information content (AvgIpc) is 2.77. The number of morpholine rings is 1. The maximum Gasteiger partial charge on any atom is 0.262 e. The van der Waals surface area contributed by atoms with E-state index in [1.54, 1.807) is 0 Å². The molecule has 168 valence electrons. The zero-order chi connectivity index (χ0) is 22.8. The van der Waals surface area contributed by atoms with Crippen molar-refractivity contribution in [3.8, 4) is 5.75 Å². The van der Waals surface area contributed by atoms with Gasteiger partial charge >= 0.3 is 0 Å². The van der Waals surface area contributed by atoms with E-state index in [4.69, 9.17) is 67.5 Å². The molecule has 13 heteroatoms. The Labute approximate surface area is 204 Å². The van der Waals surface area contributed by atoms with E-state index in [1.807, 2.05) is 0 Å². The highest BCUT2D eigenvalue weighted by Crippen LogP contribution is 2.48. The van der Waals surface area contributed by atoms with Gasteiger partial charge in [0.1, 0.15) is 10.0 Å². The number of anilines is 1. The lowest BCUT2D eigenvalue weighted by atomic mass is 10.3. The molecule has 7 nitrogen and oxygen atoms in total. The number of sulfonamides is 1. The van der Waals surface area contributed by atoms with Crippen molar-refractivity contribution in [2.75, 3.05) is 38.2 Å². The van der Waals surface area contributed by atoms with Crippen molar-refractivity contribution in [2.45, 2.75) is 4.90 Å². The second kappa shape index (κ2) is 10.3. The molecule has 0 bridgehead atoms. The number of nitrogens with one attached hydrogen (secondary N) is 1. The first-order valence-electron chi connectivity index (χ1n) is 8.75. The summed E-state index contributed by atoms with van der Waals surface area (Å²) in [7, 11) is -3.62. The van der Waals surface area contributed by atoms with Gasteiger partial charge in [-0.3, -0.25) is 4.79 Å². The molecule has 31 heavy (non-hydrogen) atoms. The fourth-order valence-electron chi connectivity index (χ4n) is 2.69. The minimum Gasteiger partial charge on any atom is -0.481 e. The van der Waals surface area contributed by atoms with Crippen LogP contribution >= 0.6 is 58.0 Å². The van der Waals surface area contributed by atoms with Crippen LogP contribution in [0.2, 0.25) is 25.1 Å². The van der Waals surface area contributed by atoms with E-state index in [0.717, 1.165) is 0 Å². The average molecular weight is 549 g/mol. The smallest absolute Gasteiger partial charge is 0.262 e. The molecule has 0 spiro atoms. The van der Waals surface area contributed by atoms with Gasteiger partial charge in [-0.2, -0.15) is 4.31 Å². The van der Waals surface area contributed by atoms with Crippen LogP contribution in [0.25, 0.3) is 0 Å². The van der Waals surface area contributed by atoms with Crippen LogP contribution in [-0.4, -0.2) is 51.5 Å². The van der Waals surface area contributed by atoms with Gasteiger partial charge < -0.3 is 14.8 Å². The third-order valence-corrected chi connectivity index (χ3v) is 8.42. The molecule has 0 unspecified atom stereocenters. The summed E-state index contributed by atoms with van der Waals surface area (Å²) >= 11 is 30.0. The maximum absolute atomic E-state index is 12.6. The summed E-state index contributed by atoms with van der Waals surface area (Å²) in [4.78, 5) is 12.3. The summed E-state index contributed by atoms with van der Waals surface area (Å²) < 4.78 is 37.2. The predicted octanol–water partition coefficient (Wildman–Crippen LogP) is 4.99. The molecule has 2 aromatic rings. The number of hydrogen-bond donors (Lipinski definition) is 1. The topological polar surface area (TPSA) is 84.9 Å². The summed E-state index contributed by atoms with van der Waals surface area (Å²) in [6.45, 7) is 0.836. The number of ether oxygens (including phenoxy) is 2. The molecule has 1 N–H and O–H groups in total. The minimum atomic E-state index is -3.62. The Balaban J connectivity index is 1.64. The minimum absolute atomic E-state index is 0.0257. The lowest BCUT2D eigenvalue weighted by molar-refractivity contribution is -0.118. The number of carbonyl (C=O) groups is 1. The molecule has 0 saturated carbocycles. The van der Waals surface area contributed by atoms with Gasteiger partial charge in [-0.25, -0.2) is 8.42 Å². The number of benzene rings is 2. The van der Waals surface area contributed by atoms with Crippen molar-refractivity contribution in [1.29, 1.82) is 0 Å². The normalized spacial score (nSPS) is 15.0. The van der Waals surface area contributed by atoms with Crippen LogP contribution in [0.4, 0.5) is 5.69 Å². The van der Waals surface area contributed by atoms with Gasteiger partial charge in [-0.1, -0.05) is 58.0 Å². The Kier molecular flexibility index (Phi) is 8.21. The van der Waals surface area contributed by atoms with E-state index in [0.29, 0.717) is 32.0 Å². The van der Waals surface area contributed by atoms with Crippen molar-refractivity contribution >= 4 is 79.6 Å². The van der Waals surface area contributed by atoms with Crippen LogP contribution < -0.4 is 10.1 Å². The van der Waals surface area contributed by atoms with Crippen LogP contribution in [0.5, 0.6) is 5.75 Å². The highest BCUT2D eigenvalue weighted by Gasteiger charge is 2.26. The first-order valence-corrected chi connectivity index (χ1v) is 12.1. The molecule has 0 aliphatic carbocycles. The van der Waals surface area contributed by atoms with Gasteiger partial charge in [0.05, 0.1) is 33.2 Å². The third kappa shape index (κ3) is 5.51. The largest absolute Gasteiger partial charge is 0.481 e. The third-order valence-electron chi connectivity index (χ3n) is 4.26. The van der Waals surface area contributed by atoms with Crippen molar-refractivity contribution in [3.05, 3.63) is 49.4 Å². The van der Waals surface area contributed by atoms with Gasteiger partial charge in [0.25, 0.3) is 5.91 Å².